The molecule has 0 bridgehead atoms. The van der Waals surface area contributed by atoms with Crippen molar-refractivity contribution in [2.75, 3.05) is 7.05 Å². The van der Waals surface area contributed by atoms with Crippen LogP contribution in [0, 0.1) is 5.41 Å². The van der Waals surface area contributed by atoms with Crippen LogP contribution >= 0.6 is 23.2 Å². The molecule has 0 fully saturated rings. The lowest BCUT2D eigenvalue weighted by Crippen LogP contribution is -2.46. The minimum absolute atomic E-state index is 0.126. The maximum absolute atomic E-state index is 13.2. The molecule has 0 spiro atoms. The van der Waals surface area contributed by atoms with E-state index in [4.69, 9.17) is 32.8 Å². The third-order valence-corrected chi connectivity index (χ3v) is 5.40. The molecule has 0 N–H and O–H groups in total. The van der Waals surface area contributed by atoms with Crippen molar-refractivity contribution in [3.05, 3.63) is 63.8 Å². The Labute approximate surface area is 192 Å². The molecule has 31 heavy (non-hydrogen) atoms. The molecule has 3 rings (SSSR count). The van der Waals surface area contributed by atoms with Crippen LogP contribution in [-0.2, 0) is 19.2 Å². The number of hydrogen-bond acceptors (Lipinski definition) is 4. The summed E-state index contributed by atoms with van der Waals surface area (Å²) in [7, 11) is 1.52. The van der Waals surface area contributed by atoms with E-state index >= 15 is 0 Å². The number of hydroxylamine groups is 2. The molecule has 7 heteroatoms. The molecule has 0 saturated heterocycles. The standard InChI is InChI=1S/C24H25Cl2NO4/c1-23(2,3)22(29)30-20-19(21(28)27(6)31-24(20,4)5)17-13-15(10-11-18(17)26)14-8-7-9-16(25)12-14/h7-13H,1-6H3. The van der Waals surface area contributed by atoms with Crippen LogP contribution in [0.25, 0.3) is 16.7 Å². The Hall–Kier alpha value is -2.34. The minimum Gasteiger partial charge on any atom is -0.427 e. The lowest BCUT2D eigenvalue weighted by molar-refractivity contribution is -0.222. The highest BCUT2D eigenvalue weighted by Gasteiger charge is 2.44. The first-order chi connectivity index (χ1) is 14.3. The van der Waals surface area contributed by atoms with Gasteiger partial charge in [-0.1, -0.05) is 41.4 Å². The quantitative estimate of drug-likeness (QED) is 0.514. The minimum atomic E-state index is -1.08. The molecule has 1 heterocycles. The maximum Gasteiger partial charge on any atom is 0.316 e. The van der Waals surface area contributed by atoms with Crippen molar-refractivity contribution in [1.29, 1.82) is 0 Å². The summed E-state index contributed by atoms with van der Waals surface area (Å²) in [5.74, 6) is -0.807. The number of carbonyl (C=O) groups excluding carboxylic acids is 2. The van der Waals surface area contributed by atoms with E-state index in [1.807, 2.05) is 24.3 Å². The highest BCUT2D eigenvalue weighted by atomic mass is 35.5. The zero-order valence-corrected chi connectivity index (χ0v) is 19.9. The van der Waals surface area contributed by atoms with Gasteiger partial charge in [0, 0.05) is 22.7 Å². The Balaban J connectivity index is 2.25. The van der Waals surface area contributed by atoms with Gasteiger partial charge in [-0.25, -0.2) is 5.06 Å². The van der Waals surface area contributed by atoms with E-state index in [-0.39, 0.29) is 11.3 Å². The number of esters is 1. The molecule has 0 aliphatic carbocycles. The fraction of sp³-hybridized carbons (Fsp3) is 0.333. The van der Waals surface area contributed by atoms with E-state index in [1.54, 1.807) is 52.8 Å². The molecule has 5 nitrogen and oxygen atoms in total. The van der Waals surface area contributed by atoms with Crippen molar-refractivity contribution in [1.82, 2.24) is 5.06 Å². The molecule has 164 valence electrons. The van der Waals surface area contributed by atoms with E-state index in [0.717, 1.165) is 16.2 Å². The summed E-state index contributed by atoms with van der Waals surface area (Å²) in [5.41, 5.74) is 0.470. The Morgan fingerprint density at radius 2 is 1.71 bits per heavy atom. The summed E-state index contributed by atoms with van der Waals surface area (Å²) >= 11 is 12.7. The lowest BCUT2D eigenvalue weighted by Gasteiger charge is -2.38. The monoisotopic (exact) mass is 461 g/mol. The number of nitrogens with zero attached hydrogens (tertiary/aromatic N) is 1. The Morgan fingerprint density at radius 1 is 1.06 bits per heavy atom. The van der Waals surface area contributed by atoms with Crippen LogP contribution in [0.15, 0.2) is 48.2 Å². The molecular formula is C24H25Cl2NO4. The predicted molar refractivity (Wildman–Crippen MR) is 122 cm³/mol. The van der Waals surface area contributed by atoms with Crippen molar-refractivity contribution in [3.63, 3.8) is 0 Å². The number of carbonyl (C=O) groups is 2. The van der Waals surface area contributed by atoms with E-state index in [9.17, 15) is 9.59 Å². The summed E-state index contributed by atoms with van der Waals surface area (Å²) in [5, 5.41) is 2.08. The maximum atomic E-state index is 13.2. The molecule has 0 saturated carbocycles. The van der Waals surface area contributed by atoms with Crippen LogP contribution in [0.5, 0.6) is 0 Å². The second kappa shape index (κ2) is 8.30. The highest BCUT2D eigenvalue weighted by Crippen LogP contribution is 2.41. The molecule has 1 amide bonds. The van der Waals surface area contributed by atoms with Gasteiger partial charge in [0.25, 0.3) is 5.91 Å². The van der Waals surface area contributed by atoms with Gasteiger partial charge in [0.2, 0.25) is 0 Å². The number of hydrogen-bond donors (Lipinski definition) is 0. The van der Waals surface area contributed by atoms with Gasteiger partial charge in [0.05, 0.1) is 11.0 Å². The van der Waals surface area contributed by atoms with Crippen molar-refractivity contribution in [2.45, 2.75) is 40.2 Å². The molecule has 2 aromatic carbocycles. The first kappa shape index (κ1) is 23.3. The SMILES string of the molecule is CN1OC(C)(C)C(OC(=O)C(C)(C)C)=C(c2cc(-c3cccc(Cl)c3)ccc2Cl)C1=O. The molecule has 0 atom stereocenters. The fourth-order valence-corrected chi connectivity index (χ4v) is 3.60. The average molecular weight is 462 g/mol. The van der Waals surface area contributed by atoms with E-state index in [0.29, 0.717) is 15.6 Å². The summed E-state index contributed by atoms with van der Waals surface area (Å²) in [6.07, 6.45) is 0. The average Bonchev–Trinajstić information content (AvgIpc) is 2.66. The van der Waals surface area contributed by atoms with Crippen LogP contribution < -0.4 is 0 Å². The van der Waals surface area contributed by atoms with E-state index < -0.39 is 22.9 Å². The molecule has 1 aliphatic rings. The van der Waals surface area contributed by atoms with Gasteiger partial charge >= 0.3 is 5.97 Å². The number of amides is 1. The predicted octanol–water partition coefficient (Wildman–Crippen LogP) is 6.14. The summed E-state index contributed by atoms with van der Waals surface area (Å²) in [6.45, 7) is 8.69. The summed E-state index contributed by atoms with van der Waals surface area (Å²) in [6, 6.07) is 12.7. The van der Waals surface area contributed by atoms with Crippen molar-refractivity contribution in [2.24, 2.45) is 5.41 Å². The van der Waals surface area contributed by atoms with Gasteiger partial charge in [-0.15, -0.1) is 0 Å². The molecule has 0 unspecified atom stereocenters. The molecule has 2 aromatic rings. The highest BCUT2D eigenvalue weighted by molar-refractivity contribution is 6.35. The van der Waals surface area contributed by atoms with Gasteiger partial charge in [0.15, 0.2) is 5.76 Å². The van der Waals surface area contributed by atoms with Crippen molar-refractivity contribution >= 4 is 40.7 Å². The first-order valence-corrected chi connectivity index (χ1v) is 10.6. The second-order valence-corrected chi connectivity index (χ2v) is 9.80. The van der Waals surface area contributed by atoms with Crippen LogP contribution in [-0.4, -0.2) is 29.6 Å². The molecular weight excluding hydrogens is 437 g/mol. The van der Waals surface area contributed by atoms with Crippen LogP contribution in [0.2, 0.25) is 10.0 Å². The third kappa shape index (κ3) is 4.79. The van der Waals surface area contributed by atoms with E-state index in [2.05, 4.69) is 0 Å². The molecule has 1 aliphatic heterocycles. The zero-order valence-electron chi connectivity index (χ0n) is 18.4. The topological polar surface area (TPSA) is 55.8 Å². The van der Waals surface area contributed by atoms with Crippen LogP contribution in [0.3, 0.4) is 0 Å². The zero-order chi connectivity index (χ0) is 23.1. The smallest absolute Gasteiger partial charge is 0.316 e. The largest absolute Gasteiger partial charge is 0.427 e. The Kier molecular flexibility index (Phi) is 6.25. The van der Waals surface area contributed by atoms with Gasteiger partial charge in [-0.3, -0.25) is 14.4 Å². The number of ether oxygens (including phenoxy) is 1. The normalized spacial score (nSPS) is 16.5. The Bertz CT molecular complexity index is 1080. The number of rotatable bonds is 3. The fourth-order valence-electron chi connectivity index (χ4n) is 3.20. The van der Waals surface area contributed by atoms with Crippen molar-refractivity contribution in [3.8, 4) is 11.1 Å². The van der Waals surface area contributed by atoms with Gasteiger partial charge in [-0.2, -0.15) is 0 Å². The van der Waals surface area contributed by atoms with Gasteiger partial charge in [-0.05, 0) is 70.0 Å². The van der Waals surface area contributed by atoms with Crippen molar-refractivity contribution < 1.29 is 19.2 Å². The second-order valence-electron chi connectivity index (χ2n) is 8.95. The summed E-state index contributed by atoms with van der Waals surface area (Å²) < 4.78 is 5.76. The Morgan fingerprint density at radius 3 is 2.32 bits per heavy atom. The number of benzene rings is 2. The van der Waals surface area contributed by atoms with Crippen LogP contribution in [0.4, 0.5) is 0 Å². The van der Waals surface area contributed by atoms with E-state index in [1.165, 1.54) is 7.05 Å². The molecule has 0 radical (unpaired) electrons. The summed E-state index contributed by atoms with van der Waals surface area (Å²) in [4.78, 5) is 31.6. The first-order valence-electron chi connectivity index (χ1n) is 9.81. The lowest BCUT2D eigenvalue weighted by atomic mass is 9.91. The van der Waals surface area contributed by atoms with Gasteiger partial charge in [0.1, 0.15) is 5.60 Å². The number of halogens is 2. The molecule has 0 aromatic heterocycles. The van der Waals surface area contributed by atoms with Crippen LogP contribution in [0.1, 0.15) is 40.2 Å². The number of likely N-dealkylation sites (N-methyl/N-ethyl adjacent to an activating group) is 1. The van der Waals surface area contributed by atoms with Gasteiger partial charge < -0.3 is 4.74 Å². The third-order valence-electron chi connectivity index (χ3n) is 4.84.